The molecule has 0 unspecified atom stereocenters. The van der Waals surface area contributed by atoms with Crippen LogP contribution in [0.2, 0.25) is 5.02 Å². The SMILES string of the molecule is O=C(Nc1ccc(Cl)c2ncccc12)c1csc(I)c1. The van der Waals surface area contributed by atoms with Gasteiger partial charge in [0.05, 0.1) is 24.7 Å². The number of carbonyl (C=O) groups is 1. The topological polar surface area (TPSA) is 42.0 Å². The fourth-order valence-electron chi connectivity index (χ4n) is 1.87. The van der Waals surface area contributed by atoms with Crippen molar-refractivity contribution in [2.24, 2.45) is 0 Å². The summed E-state index contributed by atoms with van der Waals surface area (Å²) < 4.78 is 1.08. The number of fused-ring (bicyclic) bond motifs is 1. The third-order valence-corrected chi connectivity index (χ3v) is 4.89. The van der Waals surface area contributed by atoms with Crippen LogP contribution in [0.15, 0.2) is 41.9 Å². The summed E-state index contributed by atoms with van der Waals surface area (Å²) in [6.45, 7) is 0. The summed E-state index contributed by atoms with van der Waals surface area (Å²) >= 11 is 9.85. The van der Waals surface area contributed by atoms with Gasteiger partial charge in [-0.15, -0.1) is 11.3 Å². The van der Waals surface area contributed by atoms with E-state index in [1.807, 2.05) is 23.6 Å². The van der Waals surface area contributed by atoms with Gasteiger partial charge in [-0.2, -0.15) is 0 Å². The van der Waals surface area contributed by atoms with E-state index in [2.05, 4.69) is 32.9 Å². The number of hydrogen-bond acceptors (Lipinski definition) is 3. The van der Waals surface area contributed by atoms with Crippen LogP contribution >= 0.6 is 45.5 Å². The molecule has 1 amide bonds. The number of halogens is 2. The van der Waals surface area contributed by atoms with Gasteiger partial charge >= 0.3 is 0 Å². The molecule has 0 saturated heterocycles. The number of thiophene rings is 1. The Bertz CT molecular complexity index is 803. The number of nitrogens with zero attached hydrogens (tertiary/aromatic N) is 1. The highest BCUT2D eigenvalue weighted by atomic mass is 127. The first-order valence-electron chi connectivity index (χ1n) is 5.74. The van der Waals surface area contributed by atoms with Crippen LogP contribution in [0.4, 0.5) is 5.69 Å². The van der Waals surface area contributed by atoms with E-state index in [0.29, 0.717) is 21.8 Å². The molecule has 0 atom stereocenters. The Labute approximate surface area is 138 Å². The van der Waals surface area contributed by atoms with Gasteiger partial charge in [0.25, 0.3) is 5.91 Å². The molecule has 20 heavy (non-hydrogen) atoms. The fourth-order valence-corrected chi connectivity index (χ4v) is 3.41. The molecule has 0 aliphatic heterocycles. The third kappa shape index (κ3) is 2.65. The van der Waals surface area contributed by atoms with Gasteiger partial charge in [-0.25, -0.2) is 0 Å². The molecule has 2 heterocycles. The number of anilines is 1. The second kappa shape index (κ2) is 5.67. The van der Waals surface area contributed by atoms with Crippen LogP contribution in [0.1, 0.15) is 10.4 Å². The number of benzene rings is 1. The standard InChI is InChI=1S/C14H8ClIN2OS/c15-10-3-4-11(9-2-1-5-17-13(9)10)18-14(19)8-6-12(16)20-7-8/h1-7H,(H,18,19). The van der Waals surface area contributed by atoms with Gasteiger partial charge < -0.3 is 5.32 Å². The summed E-state index contributed by atoms with van der Waals surface area (Å²) in [5.41, 5.74) is 2.06. The highest BCUT2D eigenvalue weighted by Crippen LogP contribution is 2.28. The maximum Gasteiger partial charge on any atom is 0.256 e. The van der Waals surface area contributed by atoms with E-state index in [1.165, 1.54) is 0 Å². The number of rotatable bonds is 2. The average molecular weight is 415 g/mol. The molecule has 0 fully saturated rings. The fraction of sp³-hybridized carbons (Fsp3) is 0. The number of nitrogens with one attached hydrogen (secondary N) is 1. The monoisotopic (exact) mass is 414 g/mol. The number of carbonyl (C=O) groups excluding carboxylic acids is 1. The Hall–Kier alpha value is -1.18. The first kappa shape index (κ1) is 13.8. The Balaban J connectivity index is 1.99. The van der Waals surface area contributed by atoms with E-state index in [4.69, 9.17) is 11.6 Å². The number of hydrogen-bond donors (Lipinski definition) is 1. The molecule has 2 aromatic heterocycles. The smallest absolute Gasteiger partial charge is 0.256 e. The van der Waals surface area contributed by atoms with Crippen molar-refractivity contribution in [3.05, 3.63) is 55.4 Å². The van der Waals surface area contributed by atoms with E-state index in [1.54, 1.807) is 29.7 Å². The lowest BCUT2D eigenvalue weighted by atomic mass is 10.1. The van der Waals surface area contributed by atoms with Crippen LogP contribution < -0.4 is 5.32 Å². The molecular formula is C14H8ClIN2OS. The second-order valence-corrected chi connectivity index (χ2v) is 7.30. The molecule has 0 spiro atoms. The zero-order valence-electron chi connectivity index (χ0n) is 10.1. The Kier molecular flexibility index (Phi) is 3.91. The van der Waals surface area contributed by atoms with Gasteiger partial charge in [0.2, 0.25) is 0 Å². The maximum absolute atomic E-state index is 12.2. The largest absolute Gasteiger partial charge is 0.321 e. The van der Waals surface area contributed by atoms with E-state index < -0.39 is 0 Å². The molecule has 0 aliphatic carbocycles. The molecule has 0 saturated carbocycles. The predicted molar refractivity (Wildman–Crippen MR) is 91.7 cm³/mol. The molecule has 3 rings (SSSR count). The summed E-state index contributed by atoms with van der Waals surface area (Å²) in [6.07, 6.45) is 1.68. The summed E-state index contributed by atoms with van der Waals surface area (Å²) in [5.74, 6) is -0.128. The number of pyridine rings is 1. The van der Waals surface area contributed by atoms with Crippen LogP contribution in [-0.2, 0) is 0 Å². The van der Waals surface area contributed by atoms with E-state index in [9.17, 15) is 4.79 Å². The quantitative estimate of drug-likeness (QED) is 0.612. The van der Waals surface area contributed by atoms with Gasteiger partial charge in [0.1, 0.15) is 0 Å². The van der Waals surface area contributed by atoms with E-state index >= 15 is 0 Å². The lowest BCUT2D eigenvalue weighted by Gasteiger charge is -2.08. The highest BCUT2D eigenvalue weighted by Gasteiger charge is 2.11. The summed E-state index contributed by atoms with van der Waals surface area (Å²) in [5, 5.41) is 6.15. The van der Waals surface area contributed by atoms with Gasteiger partial charge in [-0.1, -0.05) is 11.6 Å². The van der Waals surface area contributed by atoms with Crippen molar-refractivity contribution in [2.75, 3.05) is 5.32 Å². The first-order valence-corrected chi connectivity index (χ1v) is 8.07. The summed E-state index contributed by atoms with van der Waals surface area (Å²) in [6, 6.07) is 9.10. The minimum Gasteiger partial charge on any atom is -0.321 e. The van der Waals surface area contributed by atoms with Crippen molar-refractivity contribution in [3.8, 4) is 0 Å². The molecule has 3 aromatic rings. The molecule has 0 radical (unpaired) electrons. The van der Waals surface area contributed by atoms with Gasteiger partial charge in [0.15, 0.2) is 0 Å². The summed E-state index contributed by atoms with van der Waals surface area (Å²) in [4.78, 5) is 16.4. The molecule has 100 valence electrons. The average Bonchev–Trinajstić information content (AvgIpc) is 2.89. The van der Waals surface area contributed by atoms with Gasteiger partial charge in [0, 0.05) is 17.0 Å². The Morgan fingerprint density at radius 3 is 2.95 bits per heavy atom. The van der Waals surface area contributed by atoms with E-state index in [0.717, 1.165) is 8.27 Å². The summed E-state index contributed by atoms with van der Waals surface area (Å²) in [7, 11) is 0. The molecule has 1 aromatic carbocycles. The van der Waals surface area contributed by atoms with Crippen LogP contribution in [0, 0.1) is 2.88 Å². The number of amides is 1. The Morgan fingerprint density at radius 2 is 2.20 bits per heavy atom. The zero-order chi connectivity index (χ0) is 14.1. The maximum atomic E-state index is 12.2. The van der Waals surface area contributed by atoms with Crippen molar-refractivity contribution in [3.63, 3.8) is 0 Å². The van der Waals surface area contributed by atoms with Gasteiger partial charge in [-0.3, -0.25) is 9.78 Å². The van der Waals surface area contributed by atoms with Crippen molar-refractivity contribution in [2.45, 2.75) is 0 Å². The number of aromatic nitrogens is 1. The minimum absolute atomic E-state index is 0.128. The van der Waals surface area contributed by atoms with Crippen molar-refractivity contribution in [1.82, 2.24) is 4.98 Å². The third-order valence-electron chi connectivity index (χ3n) is 2.80. The normalized spacial score (nSPS) is 10.7. The van der Waals surface area contributed by atoms with Crippen molar-refractivity contribution in [1.29, 1.82) is 0 Å². The predicted octanol–water partition coefficient (Wildman–Crippen LogP) is 4.81. The second-order valence-electron chi connectivity index (χ2n) is 4.09. The lowest BCUT2D eigenvalue weighted by molar-refractivity contribution is 0.102. The molecule has 0 aliphatic rings. The zero-order valence-corrected chi connectivity index (χ0v) is 13.8. The molecular weight excluding hydrogens is 407 g/mol. The molecule has 0 bridgehead atoms. The van der Waals surface area contributed by atoms with Crippen LogP contribution in [0.5, 0.6) is 0 Å². The van der Waals surface area contributed by atoms with Crippen LogP contribution in [0.25, 0.3) is 10.9 Å². The van der Waals surface area contributed by atoms with E-state index in [-0.39, 0.29) is 5.91 Å². The molecule has 3 nitrogen and oxygen atoms in total. The van der Waals surface area contributed by atoms with Crippen molar-refractivity contribution >= 4 is 68.0 Å². The van der Waals surface area contributed by atoms with Crippen LogP contribution in [-0.4, -0.2) is 10.9 Å². The minimum atomic E-state index is -0.128. The van der Waals surface area contributed by atoms with Crippen LogP contribution in [0.3, 0.4) is 0 Å². The first-order chi connectivity index (χ1) is 9.65. The van der Waals surface area contributed by atoms with Crippen molar-refractivity contribution < 1.29 is 4.79 Å². The molecule has 6 heteroatoms. The van der Waals surface area contributed by atoms with Gasteiger partial charge in [-0.05, 0) is 52.9 Å². The Morgan fingerprint density at radius 1 is 1.35 bits per heavy atom. The molecule has 1 N–H and O–H groups in total. The lowest BCUT2D eigenvalue weighted by Crippen LogP contribution is -2.11. The highest BCUT2D eigenvalue weighted by molar-refractivity contribution is 14.1.